The van der Waals surface area contributed by atoms with Crippen molar-refractivity contribution in [2.75, 3.05) is 0 Å². The fourth-order valence-corrected chi connectivity index (χ4v) is 6.42. The number of fused-ring (bicyclic) bond motifs is 6. The van der Waals surface area contributed by atoms with Crippen LogP contribution in [0.25, 0.3) is 43.6 Å². The van der Waals surface area contributed by atoms with Gasteiger partial charge in [-0.2, -0.15) is 0 Å². The van der Waals surface area contributed by atoms with Gasteiger partial charge in [-0.25, -0.2) is 0 Å². The molecule has 0 saturated carbocycles. The number of rotatable bonds is 6. The summed E-state index contributed by atoms with van der Waals surface area (Å²) < 4.78 is 3.38. The van der Waals surface area contributed by atoms with Gasteiger partial charge in [0.25, 0.3) is 11.1 Å². The lowest BCUT2D eigenvalue weighted by atomic mass is 9.99. The molecule has 7 aromatic rings. The molecule has 0 unspecified atom stereocenters. The third-order valence-electron chi connectivity index (χ3n) is 8.42. The van der Waals surface area contributed by atoms with E-state index in [1.807, 2.05) is 85.2 Å². The number of nitrogens with zero attached hydrogens (tertiary/aromatic N) is 4. The largest absolute Gasteiger partial charge is 0.311 e. The molecule has 4 aromatic heterocycles. The molecule has 0 saturated heterocycles. The summed E-state index contributed by atoms with van der Waals surface area (Å²) in [5.41, 5.74) is 7.44. The van der Waals surface area contributed by atoms with E-state index in [1.165, 1.54) is 0 Å². The van der Waals surface area contributed by atoms with Crippen LogP contribution in [-0.2, 0) is 39.8 Å². The van der Waals surface area contributed by atoms with Gasteiger partial charge in [-0.3, -0.25) is 19.6 Å². The Balaban J connectivity index is 1.11. The van der Waals surface area contributed by atoms with Gasteiger partial charge in [0.1, 0.15) is 0 Å². The van der Waals surface area contributed by atoms with Crippen molar-refractivity contribution in [3.63, 3.8) is 0 Å². The minimum absolute atomic E-state index is 0.0395. The molecular formula is C36H29ClN4O2. The molecule has 212 valence electrons. The van der Waals surface area contributed by atoms with Crippen molar-refractivity contribution in [3.05, 3.63) is 139 Å². The lowest BCUT2D eigenvalue weighted by molar-refractivity contribution is 0.909. The first-order chi connectivity index (χ1) is 20.9. The molecule has 7 heteroatoms. The normalized spacial score (nSPS) is 11.7. The molecule has 0 amide bonds. The van der Waals surface area contributed by atoms with Gasteiger partial charge < -0.3 is 9.13 Å². The third-order valence-corrected chi connectivity index (χ3v) is 8.64. The Bertz CT molecular complexity index is 2180. The van der Waals surface area contributed by atoms with E-state index in [9.17, 15) is 9.59 Å². The van der Waals surface area contributed by atoms with E-state index in [0.29, 0.717) is 15.8 Å². The van der Waals surface area contributed by atoms with Gasteiger partial charge >= 0.3 is 0 Å². The number of para-hydroxylation sites is 2. The Morgan fingerprint density at radius 2 is 0.977 bits per heavy atom. The predicted molar refractivity (Wildman–Crippen MR) is 175 cm³/mol. The second-order valence-electron chi connectivity index (χ2n) is 11.2. The summed E-state index contributed by atoms with van der Waals surface area (Å²) >= 11 is 6.54. The van der Waals surface area contributed by atoms with Crippen LogP contribution in [0.15, 0.2) is 101 Å². The zero-order chi connectivity index (χ0) is 29.7. The van der Waals surface area contributed by atoms with E-state index in [1.54, 1.807) is 23.2 Å². The molecule has 43 heavy (non-hydrogen) atoms. The minimum atomic E-state index is -0.0395. The van der Waals surface area contributed by atoms with E-state index in [4.69, 9.17) is 21.6 Å². The van der Waals surface area contributed by atoms with Gasteiger partial charge in [0.15, 0.2) is 0 Å². The Hall–Kier alpha value is -4.81. The monoisotopic (exact) mass is 584 g/mol. The molecule has 0 spiro atoms. The number of hydrogen-bond donors (Lipinski definition) is 0. The minimum Gasteiger partial charge on any atom is -0.311 e. The molecule has 0 fully saturated rings. The first kappa shape index (κ1) is 27.0. The maximum absolute atomic E-state index is 13.1. The Kier molecular flexibility index (Phi) is 6.79. The van der Waals surface area contributed by atoms with Crippen LogP contribution in [0.2, 0.25) is 5.02 Å². The fraction of sp³-hybridized carbons (Fsp3) is 0.167. The van der Waals surface area contributed by atoms with E-state index < -0.39 is 0 Å². The molecule has 0 aliphatic carbocycles. The highest BCUT2D eigenvalue weighted by Crippen LogP contribution is 2.24. The van der Waals surface area contributed by atoms with Crippen molar-refractivity contribution in [3.8, 4) is 0 Å². The van der Waals surface area contributed by atoms with Crippen LogP contribution in [0.5, 0.6) is 0 Å². The van der Waals surface area contributed by atoms with Crippen LogP contribution in [0.4, 0.5) is 0 Å². The molecular weight excluding hydrogens is 556 g/mol. The van der Waals surface area contributed by atoms with Crippen LogP contribution in [0, 0.1) is 0 Å². The van der Waals surface area contributed by atoms with Crippen LogP contribution in [0.1, 0.15) is 22.3 Å². The number of aromatic nitrogens is 4. The van der Waals surface area contributed by atoms with E-state index >= 15 is 0 Å². The smallest absolute Gasteiger partial charge is 0.260 e. The quantitative estimate of drug-likeness (QED) is 0.204. The van der Waals surface area contributed by atoms with Crippen molar-refractivity contribution < 1.29 is 0 Å². The molecule has 0 N–H and O–H groups in total. The second kappa shape index (κ2) is 10.8. The summed E-state index contributed by atoms with van der Waals surface area (Å²) in [6, 6.07) is 25.9. The number of halogens is 1. The van der Waals surface area contributed by atoms with Crippen molar-refractivity contribution >= 4 is 55.2 Å². The average molecular weight is 585 g/mol. The van der Waals surface area contributed by atoms with Crippen LogP contribution in [0.3, 0.4) is 0 Å². The third kappa shape index (κ3) is 4.88. The van der Waals surface area contributed by atoms with Gasteiger partial charge in [-0.15, -0.1) is 0 Å². The predicted octanol–water partition coefficient (Wildman–Crippen LogP) is 6.71. The molecule has 7 rings (SSSR count). The molecule has 3 aromatic carbocycles. The topological polar surface area (TPSA) is 69.8 Å². The highest BCUT2D eigenvalue weighted by atomic mass is 35.5. The Morgan fingerprint density at radius 1 is 0.558 bits per heavy atom. The standard InChI is InChI=1S/C36H29ClN4O2/c1-40-31-9-5-3-7-27(31)33-29(35(40)42)18-24(20-38-33)13-11-22-15-23(17-26(37)16-22)12-14-25-19-30-34(39-21-25)28-8-4-6-10-32(28)41(2)36(30)43/h3-10,15-21H,11-14H2,1-2H3. The number of pyridine rings is 4. The summed E-state index contributed by atoms with van der Waals surface area (Å²) in [7, 11) is 3.61. The van der Waals surface area contributed by atoms with Crippen molar-refractivity contribution in [2.45, 2.75) is 25.7 Å². The molecule has 0 aliphatic rings. The number of hydrogen-bond acceptors (Lipinski definition) is 4. The Morgan fingerprint density at radius 3 is 1.44 bits per heavy atom. The zero-order valence-electron chi connectivity index (χ0n) is 24.0. The molecule has 0 bridgehead atoms. The van der Waals surface area contributed by atoms with Gasteiger partial charge in [0, 0.05) is 42.3 Å². The van der Waals surface area contributed by atoms with E-state index in [-0.39, 0.29) is 11.1 Å². The first-order valence-electron chi connectivity index (χ1n) is 14.4. The SMILES string of the molecule is Cn1c(=O)c2cc(CCc3cc(Cl)cc(CCc4cnc5c(c4)c(=O)n(C)c4ccccc54)c3)cnc2c2ccccc21. The lowest BCUT2D eigenvalue weighted by Gasteiger charge is -2.11. The van der Waals surface area contributed by atoms with Gasteiger partial charge in [0.05, 0.1) is 32.8 Å². The average Bonchev–Trinajstić information content (AvgIpc) is 3.04. The molecule has 0 aliphatic heterocycles. The summed E-state index contributed by atoms with van der Waals surface area (Å²) in [4.78, 5) is 35.6. The number of aryl methyl sites for hydroxylation is 6. The highest BCUT2D eigenvalue weighted by Gasteiger charge is 2.12. The van der Waals surface area contributed by atoms with E-state index in [0.717, 1.165) is 80.8 Å². The first-order valence-corrected chi connectivity index (χ1v) is 14.8. The maximum Gasteiger partial charge on any atom is 0.260 e. The summed E-state index contributed by atoms with van der Waals surface area (Å²) in [6.45, 7) is 0. The fourth-order valence-electron chi connectivity index (χ4n) is 6.14. The molecule has 6 nitrogen and oxygen atoms in total. The van der Waals surface area contributed by atoms with Gasteiger partial charge in [-0.1, -0.05) is 54.1 Å². The molecule has 0 radical (unpaired) electrons. The molecule has 0 atom stereocenters. The van der Waals surface area contributed by atoms with Crippen molar-refractivity contribution in [2.24, 2.45) is 14.1 Å². The zero-order valence-corrected chi connectivity index (χ0v) is 24.7. The van der Waals surface area contributed by atoms with Crippen molar-refractivity contribution in [1.82, 2.24) is 19.1 Å². The van der Waals surface area contributed by atoms with Gasteiger partial charge in [0.2, 0.25) is 0 Å². The maximum atomic E-state index is 13.1. The molecule has 4 heterocycles. The van der Waals surface area contributed by atoms with Crippen LogP contribution in [-0.4, -0.2) is 19.1 Å². The summed E-state index contributed by atoms with van der Waals surface area (Å²) in [5.74, 6) is 0. The van der Waals surface area contributed by atoms with Gasteiger partial charge in [-0.05, 0) is 84.3 Å². The summed E-state index contributed by atoms with van der Waals surface area (Å²) in [6.07, 6.45) is 6.78. The van der Waals surface area contributed by atoms with Crippen LogP contribution < -0.4 is 11.1 Å². The van der Waals surface area contributed by atoms with Crippen molar-refractivity contribution in [1.29, 1.82) is 0 Å². The summed E-state index contributed by atoms with van der Waals surface area (Å²) in [5, 5.41) is 3.91. The lowest BCUT2D eigenvalue weighted by Crippen LogP contribution is -2.18. The highest BCUT2D eigenvalue weighted by molar-refractivity contribution is 6.30. The van der Waals surface area contributed by atoms with E-state index in [2.05, 4.69) is 6.07 Å². The second-order valence-corrected chi connectivity index (χ2v) is 11.6. The van der Waals surface area contributed by atoms with Crippen LogP contribution >= 0.6 is 11.6 Å². The number of benzene rings is 3. The Labute approximate surface area is 252 Å².